The van der Waals surface area contributed by atoms with E-state index in [1.807, 2.05) is 0 Å². The second-order valence-corrected chi connectivity index (χ2v) is 5.44. The van der Waals surface area contributed by atoms with Gasteiger partial charge < -0.3 is 10.2 Å². The van der Waals surface area contributed by atoms with E-state index in [4.69, 9.17) is 0 Å². The van der Waals surface area contributed by atoms with E-state index in [2.05, 4.69) is 36.1 Å². The van der Waals surface area contributed by atoms with Crippen molar-refractivity contribution in [3.8, 4) is 0 Å². The molecule has 0 bridgehead atoms. The minimum Gasteiger partial charge on any atom is -0.309 e. The summed E-state index contributed by atoms with van der Waals surface area (Å²) in [5, 5.41) is 3.32. The van der Waals surface area contributed by atoms with Crippen molar-refractivity contribution in [3.05, 3.63) is 11.1 Å². The van der Waals surface area contributed by atoms with Crippen molar-refractivity contribution in [2.75, 3.05) is 46.8 Å². The highest BCUT2D eigenvalue weighted by atomic mass is 15.2. The fourth-order valence-corrected chi connectivity index (χ4v) is 2.60. The normalized spacial score (nSPS) is 23.6. The van der Waals surface area contributed by atoms with Crippen molar-refractivity contribution in [3.63, 3.8) is 0 Å². The van der Waals surface area contributed by atoms with E-state index >= 15 is 0 Å². The second kappa shape index (κ2) is 5.30. The highest BCUT2D eigenvalue weighted by molar-refractivity contribution is 5.22. The zero-order chi connectivity index (χ0) is 11.5. The molecular weight excluding hydrogens is 198 g/mol. The van der Waals surface area contributed by atoms with Gasteiger partial charge in [-0.1, -0.05) is 5.57 Å². The van der Waals surface area contributed by atoms with Crippen LogP contribution in [0.3, 0.4) is 0 Å². The van der Waals surface area contributed by atoms with E-state index in [1.165, 1.54) is 25.9 Å². The minimum atomic E-state index is 0.791. The summed E-state index contributed by atoms with van der Waals surface area (Å²) < 4.78 is 0. The number of hydrogen-bond donors (Lipinski definition) is 1. The van der Waals surface area contributed by atoms with Gasteiger partial charge in [0.05, 0.1) is 0 Å². The van der Waals surface area contributed by atoms with Crippen LogP contribution >= 0.6 is 0 Å². The van der Waals surface area contributed by atoms with Gasteiger partial charge in [-0.25, -0.2) is 0 Å². The third kappa shape index (κ3) is 2.84. The molecule has 0 aromatic heterocycles. The van der Waals surface area contributed by atoms with Crippen molar-refractivity contribution < 1.29 is 0 Å². The van der Waals surface area contributed by atoms with Gasteiger partial charge in [0.15, 0.2) is 0 Å². The molecule has 0 unspecified atom stereocenters. The minimum absolute atomic E-state index is 0.791. The Hall–Kier alpha value is -0.380. The van der Waals surface area contributed by atoms with Gasteiger partial charge in [0.25, 0.3) is 0 Å². The molecular formula is C13H25N3. The Morgan fingerprint density at radius 2 is 2.00 bits per heavy atom. The van der Waals surface area contributed by atoms with E-state index in [9.17, 15) is 0 Å². The SMILES string of the molecule is CC(CN(C)C1CCN(C)CC1)=C1CNC1. The molecule has 1 N–H and O–H groups in total. The van der Waals surface area contributed by atoms with E-state index in [0.29, 0.717) is 0 Å². The van der Waals surface area contributed by atoms with Crippen molar-refractivity contribution in [2.24, 2.45) is 0 Å². The zero-order valence-electron chi connectivity index (χ0n) is 10.9. The Labute approximate surface area is 99.5 Å². The van der Waals surface area contributed by atoms with Gasteiger partial charge in [-0.15, -0.1) is 0 Å². The van der Waals surface area contributed by atoms with Gasteiger partial charge in [0.2, 0.25) is 0 Å². The number of nitrogens with zero attached hydrogens (tertiary/aromatic N) is 2. The first-order valence-corrected chi connectivity index (χ1v) is 6.44. The zero-order valence-corrected chi connectivity index (χ0v) is 10.9. The fourth-order valence-electron chi connectivity index (χ4n) is 2.60. The summed E-state index contributed by atoms with van der Waals surface area (Å²) in [4.78, 5) is 4.99. The van der Waals surface area contributed by atoms with E-state index in [-0.39, 0.29) is 0 Å². The number of rotatable bonds is 3. The van der Waals surface area contributed by atoms with Gasteiger partial charge >= 0.3 is 0 Å². The average Bonchev–Trinajstić information content (AvgIpc) is 2.15. The van der Waals surface area contributed by atoms with Crippen LogP contribution in [0.5, 0.6) is 0 Å². The molecule has 3 heteroatoms. The fraction of sp³-hybridized carbons (Fsp3) is 0.846. The monoisotopic (exact) mass is 223 g/mol. The second-order valence-electron chi connectivity index (χ2n) is 5.44. The quantitative estimate of drug-likeness (QED) is 0.718. The molecule has 2 aliphatic heterocycles. The van der Waals surface area contributed by atoms with Gasteiger partial charge in [0.1, 0.15) is 0 Å². The number of likely N-dealkylation sites (N-methyl/N-ethyl adjacent to an activating group) is 1. The molecule has 3 nitrogen and oxygen atoms in total. The van der Waals surface area contributed by atoms with Crippen LogP contribution in [0.2, 0.25) is 0 Å². The van der Waals surface area contributed by atoms with Gasteiger partial charge in [-0.2, -0.15) is 0 Å². The number of likely N-dealkylation sites (tertiary alicyclic amines) is 1. The largest absolute Gasteiger partial charge is 0.309 e. The van der Waals surface area contributed by atoms with Crippen LogP contribution in [0, 0.1) is 0 Å². The highest BCUT2D eigenvalue weighted by Crippen LogP contribution is 2.17. The highest BCUT2D eigenvalue weighted by Gasteiger charge is 2.21. The predicted molar refractivity (Wildman–Crippen MR) is 68.7 cm³/mol. The summed E-state index contributed by atoms with van der Waals surface area (Å²) in [5.41, 5.74) is 3.21. The lowest BCUT2D eigenvalue weighted by Crippen LogP contribution is -2.43. The molecule has 0 saturated carbocycles. The maximum Gasteiger partial charge on any atom is 0.0193 e. The van der Waals surface area contributed by atoms with E-state index in [0.717, 1.165) is 25.7 Å². The molecule has 0 amide bonds. The smallest absolute Gasteiger partial charge is 0.0193 e. The van der Waals surface area contributed by atoms with Crippen LogP contribution in [0.15, 0.2) is 11.1 Å². The van der Waals surface area contributed by atoms with Gasteiger partial charge in [-0.3, -0.25) is 4.90 Å². The Morgan fingerprint density at radius 1 is 1.38 bits per heavy atom. The first-order valence-electron chi connectivity index (χ1n) is 6.44. The maximum absolute atomic E-state index is 3.32. The molecule has 0 aliphatic carbocycles. The maximum atomic E-state index is 3.32. The molecule has 2 aliphatic rings. The summed E-state index contributed by atoms with van der Waals surface area (Å²) >= 11 is 0. The number of hydrogen-bond acceptors (Lipinski definition) is 3. The topological polar surface area (TPSA) is 18.5 Å². The van der Waals surface area contributed by atoms with Crippen LogP contribution in [0.25, 0.3) is 0 Å². The Bertz CT molecular complexity index is 258. The lowest BCUT2D eigenvalue weighted by Gasteiger charge is -2.36. The summed E-state index contributed by atoms with van der Waals surface area (Å²) in [7, 11) is 4.51. The standard InChI is InChI=1S/C13H25N3/c1-11(12-8-14-9-12)10-16(3)13-4-6-15(2)7-5-13/h13-14H,4-10H2,1-3H3. The molecule has 0 aromatic rings. The van der Waals surface area contributed by atoms with Crippen molar-refractivity contribution in [1.82, 2.24) is 15.1 Å². The summed E-state index contributed by atoms with van der Waals surface area (Å²) in [6.45, 7) is 8.20. The molecule has 2 saturated heterocycles. The number of nitrogens with one attached hydrogen (secondary N) is 1. The predicted octanol–water partition coefficient (Wildman–Crippen LogP) is 0.932. The molecule has 16 heavy (non-hydrogen) atoms. The van der Waals surface area contributed by atoms with Crippen LogP contribution in [0.4, 0.5) is 0 Å². The lowest BCUT2D eigenvalue weighted by atomic mass is 10.0. The molecule has 2 heterocycles. The first kappa shape index (κ1) is 12.1. The van der Waals surface area contributed by atoms with Crippen LogP contribution in [-0.4, -0.2) is 62.7 Å². The van der Waals surface area contributed by atoms with Crippen LogP contribution in [0.1, 0.15) is 19.8 Å². The van der Waals surface area contributed by atoms with E-state index in [1.54, 1.807) is 11.1 Å². The number of piperidine rings is 1. The first-order chi connectivity index (χ1) is 7.66. The molecule has 2 rings (SSSR count). The third-order valence-electron chi connectivity index (χ3n) is 4.08. The van der Waals surface area contributed by atoms with Gasteiger partial charge in [-0.05, 0) is 52.5 Å². The molecule has 0 spiro atoms. The third-order valence-corrected chi connectivity index (χ3v) is 4.08. The summed E-state index contributed by atoms with van der Waals surface area (Å²) in [6, 6.07) is 0.791. The Kier molecular flexibility index (Phi) is 4.00. The average molecular weight is 223 g/mol. The molecule has 0 aromatic carbocycles. The van der Waals surface area contributed by atoms with Crippen molar-refractivity contribution in [1.29, 1.82) is 0 Å². The van der Waals surface area contributed by atoms with Gasteiger partial charge in [0, 0.05) is 25.7 Å². The lowest BCUT2D eigenvalue weighted by molar-refractivity contribution is 0.152. The molecule has 0 atom stereocenters. The van der Waals surface area contributed by atoms with Crippen molar-refractivity contribution in [2.45, 2.75) is 25.8 Å². The van der Waals surface area contributed by atoms with Crippen LogP contribution in [-0.2, 0) is 0 Å². The molecule has 2 fully saturated rings. The van der Waals surface area contributed by atoms with Crippen molar-refractivity contribution >= 4 is 0 Å². The molecule has 92 valence electrons. The molecule has 0 radical (unpaired) electrons. The van der Waals surface area contributed by atoms with Crippen LogP contribution < -0.4 is 5.32 Å². The summed E-state index contributed by atoms with van der Waals surface area (Å²) in [5.74, 6) is 0. The van der Waals surface area contributed by atoms with E-state index < -0.39 is 0 Å². The summed E-state index contributed by atoms with van der Waals surface area (Å²) in [6.07, 6.45) is 2.65. The Balaban J connectivity index is 1.81. The Morgan fingerprint density at radius 3 is 2.50 bits per heavy atom.